The molecule has 0 saturated carbocycles. The Morgan fingerprint density at radius 3 is 2.75 bits per heavy atom. The lowest BCUT2D eigenvalue weighted by molar-refractivity contribution is -0.146. The highest BCUT2D eigenvalue weighted by Crippen LogP contribution is 2.42. The second kappa shape index (κ2) is 4.31. The predicted molar refractivity (Wildman–Crippen MR) is 55.8 cm³/mol. The number of rotatable bonds is 2. The van der Waals surface area contributed by atoms with Crippen LogP contribution < -0.4 is 0 Å². The lowest BCUT2D eigenvalue weighted by atomic mass is 9.89. The molecule has 1 amide bonds. The van der Waals surface area contributed by atoms with Crippen molar-refractivity contribution in [2.24, 2.45) is 5.92 Å². The van der Waals surface area contributed by atoms with Crippen molar-refractivity contribution in [2.75, 3.05) is 13.7 Å². The molecular weight excluding hydrogens is 210 g/mol. The second-order valence-electron chi connectivity index (χ2n) is 4.27. The SMILES string of the molecule is CCOC(=O)N1C2CCC1C(C(=O)OC)C2. The average Bonchev–Trinajstić information content (AvgIpc) is 2.85. The highest BCUT2D eigenvalue weighted by atomic mass is 16.6. The molecule has 2 fully saturated rings. The molecule has 2 aliphatic rings. The van der Waals surface area contributed by atoms with Crippen LogP contribution >= 0.6 is 0 Å². The van der Waals surface area contributed by atoms with Gasteiger partial charge in [0.15, 0.2) is 0 Å². The fraction of sp³-hybridized carbons (Fsp3) is 0.818. The summed E-state index contributed by atoms with van der Waals surface area (Å²) >= 11 is 0. The Morgan fingerprint density at radius 1 is 1.38 bits per heavy atom. The molecular formula is C11H17NO4. The van der Waals surface area contributed by atoms with E-state index in [-0.39, 0.29) is 30.1 Å². The summed E-state index contributed by atoms with van der Waals surface area (Å²) in [6, 6.07) is 0.143. The van der Waals surface area contributed by atoms with Crippen LogP contribution in [0.25, 0.3) is 0 Å². The molecule has 0 N–H and O–H groups in total. The molecule has 5 nitrogen and oxygen atoms in total. The van der Waals surface area contributed by atoms with Gasteiger partial charge in [0, 0.05) is 12.1 Å². The molecule has 2 heterocycles. The normalized spacial score (nSPS) is 31.6. The van der Waals surface area contributed by atoms with Gasteiger partial charge in [-0.1, -0.05) is 0 Å². The molecule has 0 aromatic rings. The van der Waals surface area contributed by atoms with E-state index in [2.05, 4.69) is 0 Å². The van der Waals surface area contributed by atoms with E-state index in [9.17, 15) is 9.59 Å². The highest BCUT2D eigenvalue weighted by Gasteiger charge is 2.52. The van der Waals surface area contributed by atoms with Gasteiger partial charge in [0.1, 0.15) is 0 Å². The molecule has 0 radical (unpaired) electrons. The summed E-state index contributed by atoms with van der Waals surface area (Å²) < 4.78 is 9.76. The first-order valence-electron chi connectivity index (χ1n) is 5.72. The summed E-state index contributed by atoms with van der Waals surface area (Å²) in [5, 5.41) is 0. The number of esters is 1. The summed E-state index contributed by atoms with van der Waals surface area (Å²) in [6.45, 7) is 2.16. The quantitative estimate of drug-likeness (QED) is 0.664. The van der Waals surface area contributed by atoms with E-state index in [0.29, 0.717) is 6.61 Å². The van der Waals surface area contributed by atoms with E-state index in [0.717, 1.165) is 19.3 Å². The van der Waals surface area contributed by atoms with Crippen LogP contribution in [0.15, 0.2) is 0 Å². The van der Waals surface area contributed by atoms with Gasteiger partial charge >= 0.3 is 12.1 Å². The van der Waals surface area contributed by atoms with Crippen LogP contribution in [0.5, 0.6) is 0 Å². The van der Waals surface area contributed by atoms with E-state index in [4.69, 9.17) is 9.47 Å². The Hall–Kier alpha value is -1.26. The molecule has 0 aromatic carbocycles. The molecule has 0 aromatic heterocycles. The maximum Gasteiger partial charge on any atom is 0.410 e. The third kappa shape index (κ3) is 1.64. The first-order valence-corrected chi connectivity index (χ1v) is 5.72. The first kappa shape index (κ1) is 11.2. The molecule has 0 spiro atoms. The Bertz CT molecular complexity index is 304. The number of fused-ring (bicyclic) bond motifs is 2. The fourth-order valence-corrected chi connectivity index (χ4v) is 2.88. The van der Waals surface area contributed by atoms with E-state index in [1.54, 1.807) is 11.8 Å². The van der Waals surface area contributed by atoms with Crippen molar-refractivity contribution >= 4 is 12.1 Å². The van der Waals surface area contributed by atoms with E-state index < -0.39 is 0 Å². The van der Waals surface area contributed by atoms with Crippen molar-refractivity contribution in [3.63, 3.8) is 0 Å². The number of methoxy groups -OCH3 is 1. The van der Waals surface area contributed by atoms with Crippen molar-refractivity contribution < 1.29 is 19.1 Å². The zero-order valence-electron chi connectivity index (χ0n) is 9.64. The number of hydrogen-bond donors (Lipinski definition) is 0. The summed E-state index contributed by atoms with van der Waals surface area (Å²) in [7, 11) is 1.39. The van der Waals surface area contributed by atoms with E-state index in [1.165, 1.54) is 7.11 Å². The van der Waals surface area contributed by atoms with Crippen LogP contribution in [0, 0.1) is 5.92 Å². The first-order chi connectivity index (χ1) is 7.69. The Balaban J connectivity index is 2.07. The van der Waals surface area contributed by atoms with Crippen molar-refractivity contribution in [3.05, 3.63) is 0 Å². The minimum Gasteiger partial charge on any atom is -0.469 e. The topological polar surface area (TPSA) is 55.8 Å². The molecule has 0 aliphatic carbocycles. The molecule has 3 unspecified atom stereocenters. The monoisotopic (exact) mass is 227 g/mol. The van der Waals surface area contributed by atoms with Crippen LogP contribution in [0.3, 0.4) is 0 Å². The Labute approximate surface area is 94.7 Å². The maximum atomic E-state index is 11.7. The van der Waals surface area contributed by atoms with Crippen LogP contribution in [-0.4, -0.2) is 42.8 Å². The predicted octanol–water partition coefficient (Wildman–Crippen LogP) is 1.17. The highest BCUT2D eigenvalue weighted by molar-refractivity contribution is 5.77. The summed E-state index contributed by atoms with van der Waals surface area (Å²) in [6.07, 6.45) is 2.28. The van der Waals surface area contributed by atoms with Gasteiger partial charge in [-0.3, -0.25) is 4.79 Å². The van der Waals surface area contributed by atoms with Crippen molar-refractivity contribution in [1.29, 1.82) is 0 Å². The van der Waals surface area contributed by atoms with Crippen LogP contribution in [0.1, 0.15) is 26.2 Å². The zero-order valence-corrected chi connectivity index (χ0v) is 9.64. The number of ether oxygens (including phenoxy) is 2. The van der Waals surface area contributed by atoms with Crippen LogP contribution in [0.4, 0.5) is 4.79 Å². The minimum absolute atomic E-state index is 0.0171. The van der Waals surface area contributed by atoms with E-state index >= 15 is 0 Å². The molecule has 90 valence electrons. The van der Waals surface area contributed by atoms with Gasteiger partial charge in [-0.25, -0.2) is 4.79 Å². The van der Waals surface area contributed by atoms with Crippen molar-refractivity contribution in [1.82, 2.24) is 4.90 Å². The molecule has 2 rings (SSSR count). The number of carbonyl (C=O) groups is 2. The minimum atomic E-state index is -0.290. The molecule has 16 heavy (non-hydrogen) atoms. The molecule has 2 aliphatic heterocycles. The Morgan fingerprint density at radius 2 is 2.12 bits per heavy atom. The lowest BCUT2D eigenvalue weighted by Gasteiger charge is -2.22. The number of nitrogens with zero attached hydrogens (tertiary/aromatic N) is 1. The van der Waals surface area contributed by atoms with Crippen LogP contribution in [0.2, 0.25) is 0 Å². The average molecular weight is 227 g/mol. The third-order valence-corrected chi connectivity index (χ3v) is 3.52. The van der Waals surface area contributed by atoms with Gasteiger partial charge < -0.3 is 14.4 Å². The van der Waals surface area contributed by atoms with Gasteiger partial charge in [-0.05, 0) is 26.2 Å². The van der Waals surface area contributed by atoms with Gasteiger partial charge in [0.25, 0.3) is 0 Å². The molecule has 2 bridgehead atoms. The second-order valence-corrected chi connectivity index (χ2v) is 4.27. The lowest BCUT2D eigenvalue weighted by Crippen LogP contribution is -2.38. The smallest absolute Gasteiger partial charge is 0.410 e. The van der Waals surface area contributed by atoms with Crippen molar-refractivity contribution in [3.8, 4) is 0 Å². The molecule has 3 atom stereocenters. The van der Waals surface area contributed by atoms with Crippen LogP contribution in [-0.2, 0) is 14.3 Å². The van der Waals surface area contributed by atoms with Gasteiger partial charge in [0.05, 0.1) is 19.6 Å². The zero-order chi connectivity index (χ0) is 11.7. The maximum absolute atomic E-state index is 11.7. The van der Waals surface area contributed by atoms with E-state index in [1.807, 2.05) is 0 Å². The summed E-state index contributed by atoms with van der Waals surface area (Å²) in [5.41, 5.74) is 0. The number of carbonyl (C=O) groups excluding carboxylic acids is 2. The molecule has 2 saturated heterocycles. The van der Waals surface area contributed by atoms with Crippen molar-refractivity contribution in [2.45, 2.75) is 38.3 Å². The Kier molecular flexibility index (Phi) is 3.03. The molecule has 5 heteroatoms. The summed E-state index contributed by atoms with van der Waals surface area (Å²) in [4.78, 5) is 25.0. The third-order valence-electron chi connectivity index (χ3n) is 3.52. The van der Waals surface area contributed by atoms with Gasteiger partial charge in [0.2, 0.25) is 0 Å². The van der Waals surface area contributed by atoms with Gasteiger partial charge in [-0.2, -0.15) is 0 Å². The standard InChI is InChI=1S/C11H17NO4/c1-3-16-11(14)12-7-4-5-9(12)8(6-7)10(13)15-2/h7-9H,3-6H2,1-2H3. The fourth-order valence-electron chi connectivity index (χ4n) is 2.88. The van der Waals surface area contributed by atoms with Gasteiger partial charge in [-0.15, -0.1) is 0 Å². The number of amides is 1. The largest absolute Gasteiger partial charge is 0.469 e. The number of hydrogen-bond acceptors (Lipinski definition) is 4. The summed E-state index contributed by atoms with van der Waals surface area (Å²) in [5.74, 6) is -0.366.